The molecule has 0 fully saturated rings. The molecule has 3 rings (SSSR count). The highest BCUT2D eigenvalue weighted by Crippen LogP contribution is 2.23. The lowest BCUT2D eigenvalue weighted by atomic mass is 10.1. The van der Waals surface area contributed by atoms with Gasteiger partial charge in [-0.25, -0.2) is 0 Å². The molecule has 8 heteroatoms. The van der Waals surface area contributed by atoms with Crippen molar-refractivity contribution in [1.82, 2.24) is 15.4 Å². The van der Waals surface area contributed by atoms with Gasteiger partial charge in [-0.2, -0.15) is 0 Å². The number of unbranched alkanes of at least 4 members (excludes halogenated alkanes) is 2. The molecule has 3 aromatic rings. The van der Waals surface area contributed by atoms with E-state index in [1.54, 1.807) is 30.3 Å². The molecule has 0 saturated carbocycles. The van der Waals surface area contributed by atoms with Crippen LogP contribution in [0.5, 0.6) is 0 Å². The van der Waals surface area contributed by atoms with Gasteiger partial charge < -0.3 is 4.52 Å². The molecule has 0 aliphatic heterocycles. The van der Waals surface area contributed by atoms with Gasteiger partial charge >= 0.3 is 0 Å². The van der Waals surface area contributed by atoms with Gasteiger partial charge in [0, 0.05) is 23.1 Å². The van der Waals surface area contributed by atoms with E-state index in [1.165, 1.54) is 11.3 Å². The van der Waals surface area contributed by atoms with Gasteiger partial charge in [0.25, 0.3) is 5.91 Å². The average molecular weight is 377 g/mol. The number of hydrogen-bond donors (Lipinski definition) is 1. The van der Waals surface area contributed by atoms with Gasteiger partial charge in [0.2, 0.25) is 5.13 Å². The highest BCUT2D eigenvalue weighted by atomic mass is 35.5. The van der Waals surface area contributed by atoms with Gasteiger partial charge in [0.05, 0.1) is 0 Å². The van der Waals surface area contributed by atoms with Crippen LogP contribution in [0.25, 0.3) is 11.3 Å². The van der Waals surface area contributed by atoms with Crippen molar-refractivity contribution in [3.05, 3.63) is 46.1 Å². The minimum atomic E-state index is -0.375. The van der Waals surface area contributed by atoms with Crippen LogP contribution >= 0.6 is 22.9 Å². The van der Waals surface area contributed by atoms with Crippen LogP contribution in [0.2, 0.25) is 5.02 Å². The zero-order valence-electron chi connectivity index (χ0n) is 13.7. The molecule has 0 radical (unpaired) electrons. The molecule has 1 N–H and O–H groups in total. The van der Waals surface area contributed by atoms with Crippen molar-refractivity contribution in [2.45, 2.75) is 32.6 Å². The molecule has 1 aromatic carbocycles. The first-order valence-corrected chi connectivity index (χ1v) is 9.21. The van der Waals surface area contributed by atoms with E-state index < -0.39 is 0 Å². The molecule has 0 unspecified atom stereocenters. The number of nitrogens with zero attached hydrogens (tertiary/aromatic N) is 3. The molecule has 25 heavy (non-hydrogen) atoms. The van der Waals surface area contributed by atoms with E-state index in [2.05, 4.69) is 27.6 Å². The van der Waals surface area contributed by atoms with E-state index in [9.17, 15) is 4.79 Å². The molecule has 0 aliphatic rings. The van der Waals surface area contributed by atoms with E-state index in [4.69, 9.17) is 16.1 Å². The van der Waals surface area contributed by atoms with Crippen molar-refractivity contribution in [3.63, 3.8) is 0 Å². The maximum Gasteiger partial charge on any atom is 0.279 e. The first kappa shape index (κ1) is 17.6. The number of anilines is 1. The largest absolute Gasteiger partial charge is 0.355 e. The number of aryl methyl sites for hydroxylation is 1. The van der Waals surface area contributed by atoms with Crippen LogP contribution in [0, 0.1) is 0 Å². The van der Waals surface area contributed by atoms with Gasteiger partial charge in [-0.3, -0.25) is 10.1 Å². The van der Waals surface area contributed by atoms with E-state index in [-0.39, 0.29) is 11.6 Å². The van der Waals surface area contributed by atoms with Crippen LogP contribution < -0.4 is 5.32 Å². The quantitative estimate of drug-likeness (QED) is 0.597. The van der Waals surface area contributed by atoms with Gasteiger partial charge in [-0.05, 0) is 30.7 Å². The molecule has 2 aromatic heterocycles. The lowest BCUT2D eigenvalue weighted by molar-refractivity contribution is 0.101. The number of halogens is 1. The summed E-state index contributed by atoms with van der Waals surface area (Å²) < 4.78 is 5.23. The normalized spacial score (nSPS) is 10.8. The number of nitrogens with one attached hydrogen (secondary N) is 1. The Labute approximate surface area is 154 Å². The van der Waals surface area contributed by atoms with Gasteiger partial charge in [0.15, 0.2) is 11.5 Å². The SMILES string of the molecule is CCCCCc1nnc(NC(=O)c2cc(-c3ccc(Cl)cc3)on2)s1. The number of amides is 1. The lowest BCUT2D eigenvalue weighted by Crippen LogP contribution is -2.11. The summed E-state index contributed by atoms with van der Waals surface area (Å²) >= 11 is 7.25. The third-order valence-electron chi connectivity index (χ3n) is 3.55. The monoisotopic (exact) mass is 376 g/mol. The molecule has 1 amide bonds. The molecule has 0 atom stereocenters. The maximum atomic E-state index is 12.3. The van der Waals surface area contributed by atoms with Crippen molar-refractivity contribution in [1.29, 1.82) is 0 Å². The summed E-state index contributed by atoms with van der Waals surface area (Å²) in [6, 6.07) is 8.69. The Hall–Kier alpha value is -2.25. The minimum absolute atomic E-state index is 0.188. The Morgan fingerprint density at radius 2 is 2.04 bits per heavy atom. The number of carbonyl (C=O) groups excluding carboxylic acids is 1. The molecule has 2 heterocycles. The van der Waals surface area contributed by atoms with Crippen LogP contribution in [0.4, 0.5) is 5.13 Å². The summed E-state index contributed by atoms with van der Waals surface area (Å²) in [6.07, 6.45) is 4.27. The summed E-state index contributed by atoms with van der Waals surface area (Å²) in [4.78, 5) is 12.3. The highest BCUT2D eigenvalue weighted by Gasteiger charge is 2.16. The van der Waals surface area contributed by atoms with Crippen molar-refractivity contribution in [3.8, 4) is 11.3 Å². The predicted octanol–water partition coefficient (Wildman–Crippen LogP) is 4.83. The summed E-state index contributed by atoms with van der Waals surface area (Å²) in [6.45, 7) is 2.15. The molecule has 0 spiro atoms. The fourth-order valence-electron chi connectivity index (χ4n) is 2.22. The standard InChI is InChI=1S/C17H17ClN4O2S/c1-2-3-4-5-15-20-21-17(25-15)19-16(23)13-10-14(24-22-13)11-6-8-12(18)9-7-11/h6-10H,2-5H2,1H3,(H,19,21,23). The summed E-state index contributed by atoms with van der Waals surface area (Å²) in [5, 5.41) is 16.6. The third kappa shape index (κ3) is 4.64. The number of rotatable bonds is 7. The van der Waals surface area contributed by atoms with Crippen molar-refractivity contribution in [2.24, 2.45) is 0 Å². The smallest absolute Gasteiger partial charge is 0.279 e. The fraction of sp³-hybridized carbons (Fsp3) is 0.294. The minimum Gasteiger partial charge on any atom is -0.355 e. The predicted molar refractivity (Wildman–Crippen MR) is 98.0 cm³/mol. The Morgan fingerprint density at radius 3 is 2.80 bits per heavy atom. The van der Waals surface area contributed by atoms with E-state index in [0.717, 1.165) is 36.3 Å². The van der Waals surface area contributed by atoms with Gasteiger partial charge in [-0.15, -0.1) is 10.2 Å². The number of hydrogen-bond acceptors (Lipinski definition) is 6. The van der Waals surface area contributed by atoms with E-state index in [1.807, 2.05) is 0 Å². The van der Waals surface area contributed by atoms with E-state index in [0.29, 0.717) is 15.9 Å². The molecule has 0 saturated heterocycles. The Morgan fingerprint density at radius 1 is 1.24 bits per heavy atom. The maximum absolute atomic E-state index is 12.3. The zero-order valence-corrected chi connectivity index (χ0v) is 15.2. The Kier molecular flexibility index (Phi) is 5.78. The number of carbonyl (C=O) groups is 1. The molecule has 0 bridgehead atoms. The summed E-state index contributed by atoms with van der Waals surface area (Å²) in [5.41, 5.74) is 0.984. The second kappa shape index (κ2) is 8.22. The van der Waals surface area contributed by atoms with Crippen LogP contribution in [0.15, 0.2) is 34.9 Å². The fourth-order valence-corrected chi connectivity index (χ4v) is 3.13. The first-order chi connectivity index (χ1) is 12.2. The number of aromatic nitrogens is 3. The Balaban J connectivity index is 1.63. The Bertz CT molecular complexity index is 844. The molecule has 0 aliphatic carbocycles. The van der Waals surface area contributed by atoms with Crippen LogP contribution in [-0.4, -0.2) is 21.3 Å². The first-order valence-electron chi connectivity index (χ1n) is 8.02. The third-order valence-corrected chi connectivity index (χ3v) is 4.70. The average Bonchev–Trinajstić information content (AvgIpc) is 3.25. The van der Waals surface area contributed by atoms with Crippen molar-refractivity contribution in [2.75, 3.05) is 5.32 Å². The van der Waals surface area contributed by atoms with Crippen LogP contribution in [-0.2, 0) is 6.42 Å². The molecular formula is C17H17ClN4O2S. The van der Waals surface area contributed by atoms with Crippen molar-refractivity contribution < 1.29 is 9.32 Å². The lowest BCUT2D eigenvalue weighted by Gasteiger charge is -1.95. The number of benzene rings is 1. The van der Waals surface area contributed by atoms with Crippen LogP contribution in [0.1, 0.15) is 41.7 Å². The van der Waals surface area contributed by atoms with Crippen molar-refractivity contribution >= 4 is 34.0 Å². The summed E-state index contributed by atoms with van der Waals surface area (Å²) in [7, 11) is 0. The molecule has 130 valence electrons. The highest BCUT2D eigenvalue weighted by molar-refractivity contribution is 7.15. The second-order valence-corrected chi connectivity index (χ2v) is 6.99. The van der Waals surface area contributed by atoms with Crippen LogP contribution in [0.3, 0.4) is 0 Å². The second-order valence-electron chi connectivity index (χ2n) is 5.50. The zero-order chi connectivity index (χ0) is 17.6. The van der Waals surface area contributed by atoms with Gasteiger partial charge in [-0.1, -0.05) is 47.9 Å². The molecular weight excluding hydrogens is 360 g/mol. The van der Waals surface area contributed by atoms with Gasteiger partial charge in [0.1, 0.15) is 5.01 Å². The van der Waals surface area contributed by atoms with E-state index >= 15 is 0 Å². The molecule has 6 nitrogen and oxygen atoms in total. The topological polar surface area (TPSA) is 80.9 Å². The summed E-state index contributed by atoms with van der Waals surface area (Å²) in [5.74, 6) is 0.125.